The van der Waals surface area contributed by atoms with Crippen molar-refractivity contribution in [1.82, 2.24) is 19.7 Å². The van der Waals surface area contributed by atoms with Gasteiger partial charge in [0, 0.05) is 13.1 Å². The Bertz CT molecular complexity index is 591. The first-order chi connectivity index (χ1) is 10.3. The number of carbonyl (C=O) groups excluding carboxylic acids is 1. The number of amides is 1. The van der Waals surface area contributed by atoms with Crippen LogP contribution < -0.4 is 0 Å². The lowest BCUT2D eigenvalue weighted by Gasteiger charge is -2.34. The second-order valence-electron chi connectivity index (χ2n) is 5.37. The van der Waals surface area contributed by atoms with Crippen molar-refractivity contribution in [2.45, 2.75) is 45.2 Å². The van der Waals surface area contributed by atoms with E-state index in [1.807, 2.05) is 4.90 Å². The molecule has 1 saturated heterocycles. The summed E-state index contributed by atoms with van der Waals surface area (Å²) in [5.74, 6) is 1.22. The topological polar surface area (TPSA) is 64.2 Å². The van der Waals surface area contributed by atoms with Crippen molar-refractivity contribution in [3.63, 3.8) is 0 Å². The van der Waals surface area contributed by atoms with Gasteiger partial charge in [0.1, 0.15) is 6.33 Å². The summed E-state index contributed by atoms with van der Waals surface area (Å²) < 4.78 is 7.31. The molecule has 0 aliphatic carbocycles. The second-order valence-corrected chi connectivity index (χ2v) is 5.37. The van der Waals surface area contributed by atoms with Gasteiger partial charge in [-0.3, -0.25) is 4.79 Å². The number of furan rings is 1. The number of carbonyl (C=O) groups is 1. The lowest BCUT2D eigenvalue weighted by molar-refractivity contribution is 0.0562. The molecule has 0 bridgehead atoms. The third kappa shape index (κ3) is 2.70. The standard InChI is InChI=1S/C15H20N4O2/c1-2-8-18-11-16-17-14(18)12-6-3-4-9-19(12)15(20)13-7-5-10-21-13/h5,7,10-12H,2-4,6,8-9H2,1H3. The third-order valence-electron chi connectivity index (χ3n) is 3.90. The maximum absolute atomic E-state index is 12.6. The Morgan fingerprint density at radius 1 is 1.48 bits per heavy atom. The Balaban J connectivity index is 1.87. The second kappa shape index (κ2) is 6.11. The van der Waals surface area contributed by atoms with Gasteiger partial charge >= 0.3 is 0 Å². The van der Waals surface area contributed by atoms with Crippen LogP contribution >= 0.6 is 0 Å². The molecule has 3 heterocycles. The van der Waals surface area contributed by atoms with E-state index in [9.17, 15) is 4.79 Å². The van der Waals surface area contributed by atoms with Crippen LogP contribution in [0.3, 0.4) is 0 Å². The Morgan fingerprint density at radius 2 is 2.38 bits per heavy atom. The van der Waals surface area contributed by atoms with E-state index in [0.29, 0.717) is 5.76 Å². The summed E-state index contributed by atoms with van der Waals surface area (Å²) in [6.07, 6.45) is 7.35. The summed E-state index contributed by atoms with van der Waals surface area (Å²) in [5.41, 5.74) is 0. The van der Waals surface area contributed by atoms with Crippen LogP contribution in [0.25, 0.3) is 0 Å². The highest BCUT2D eigenvalue weighted by Gasteiger charge is 2.32. The SMILES string of the molecule is CCCn1cnnc1C1CCCCN1C(=O)c1ccco1. The summed E-state index contributed by atoms with van der Waals surface area (Å²) in [5, 5.41) is 8.28. The lowest BCUT2D eigenvalue weighted by Crippen LogP contribution is -2.39. The molecule has 0 spiro atoms. The summed E-state index contributed by atoms with van der Waals surface area (Å²) in [6.45, 7) is 3.74. The average molecular weight is 288 g/mol. The maximum atomic E-state index is 12.6. The predicted molar refractivity (Wildman–Crippen MR) is 76.6 cm³/mol. The molecule has 1 aliphatic rings. The zero-order chi connectivity index (χ0) is 14.7. The molecule has 0 N–H and O–H groups in total. The van der Waals surface area contributed by atoms with Crippen LogP contribution in [0, 0.1) is 0 Å². The monoisotopic (exact) mass is 288 g/mol. The fraction of sp³-hybridized carbons (Fsp3) is 0.533. The maximum Gasteiger partial charge on any atom is 0.290 e. The fourth-order valence-electron chi connectivity index (χ4n) is 2.92. The number of likely N-dealkylation sites (tertiary alicyclic amines) is 1. The minimum atomic E-state index is -0.0595. The molecule has 112 valence electrons. The molecule has 6 heteroatoms. The Kier molecular flexibility index (Phi) is 4.03. The first kappa shape index (κ1) is 13.9. The van der Waals surface area contributed by atoms with Crippen molar-refractivity contribution in [1.29, 1.82) is 0 Å². The van der Waals surface area contributed by atoms with Crippen LogP contribution in [0.5, 0.6) is 0 Å². The molecule has 2 aromatic rings. The minimum absolute atomic E-state index is 0.00889. The van der Waals surface area contributed by atoms with Crippen molar-refractivity contribution < 1.29 is 9.21 Å². The first-order valence-electron chi connectivity index (χ1n) is 7.53. The number of hydrogen-bond donors (Lipinski definition) is 0. The molecule has 1 atom stereocenters. The molecule has 21 heavy (non-hydrogen) atoms. The minimum Gasteiger partial charge on any atom is -0.459 e. The molecular formula is C15H20N4O2. The normalized spacial score (nSPS) is 18.9. The summed E-state index contributed by atoms with van der Waals surface area (Å²) in [6, 6.07) is 3.45. The lowest BCUT2D eigenvalue weighted by atomic mass is 10.0. The van der Waals surface area contributed by atoms with Crippen molar-refractivity contribution in [3.8, 4) is 0 Å². The highest BCUT2D eigenvalue weighted by atomic mass is 16.3. The number of hydrogen-bond acceptors (Lipinski definition) is 4. The van der Waals surface area contributed by atoms with Gasteiger partial charge in [0.05, 0.1) is 12.3 Å². The molecule has 2 aromatic heterocycles. The number of piperidine rings is 1. The zero-order valence-electron chi connectivity index (χ0n) is 12.2. The van der Waals surface area contributed by atoms with Crippen molar-refractivity contribution in [2.75, 3.05) is 6.54 Å². The third-order valence-corrected chi connectivity index (χ3v) is 3.90. The number of aryl methyl sites for hydroxylation is 1. The summed E-state index contributed by atoms with van der Waals surface area (Å²) in [7, 11) is 0. The number of rotatable bonds is 4. The Morgan fingerprint density at radius 3 is 3.14 bits per heavy atom. The highest BCUT2D eigenvalue weighted by Crippen LogP contribution is 2.31. The van der Waals surface area contributed by atoms with Crippen LogP contribution in [0.15, 0.2) is 29.1 Å². The van der Waals surface area contributed by atoms with Crippen LogP contribution in [0.4, 0.5) is 0 Å². The Labute approximate surface area is 123 Å². The molecule has 3 rings (SSSR count). The average Bonchev–Trinajstić information content (AvgIpc) is 3.18. The van der Waals surface area contributed by atoms with Crippen LogP contribution in [-0.2, 0) is 6.54 Å². The van der Waals surface area contributed by atoms with E-state index in [0.717, 1.165) is 44.6 Å². The predicted octanol–water partition coefficient (Wildman–Crippen LogP) is 2.65. The van der Waals surface area contributed by atoms with E-state index in [1.165, 1.54) is 6.26 Å². The number of nitrogens with zero attached hydrogens (tertiary/aromatic N) is 4. The van der Waals surface area contributed by atoms with E-state index >= 15 is 0 Å². The van der Waals surface area contributed by atoms with E-state index < -0.39 is 0 Å². The largest absolute Gasteiger partial charge is 0.459 e. The fourth-order valence-corrected chi connectivity index (χ4v) is 2.92. The zero-order valence-corrected chi connectivity index (χ0v) is 12.2. The van der Waals surface area contributed by atoms with Gasteiger partial charge in [-0.15, -0.1) is 10.2 Å². The number of aromatic nitrogens is 3. The van der Waals surface area contributed by atoms with Gasteiger partial charge in [0.25, 0.3) is 5.91 Å². The van der Waals surface area contributed by atoms with Gasteiger partial charge in [-0.1, -0.05) is 6.92 Å². The van der Waals surface area contributed by atoms with Crippen LogP contribution in [-0.4, -0.2) is 32.1 Å². The molecule has 0 radical (unpaired) electrons. The van der Waals surface area contributed by atoms with Gasteiger partial charge in [0.2, 0.25) is 0 Å². The van der Waals surface area contributed by atoms with E-state index in [-0.39, 0.29) is 11.9 Å². The van der Waals surface area contributed by atoms with Crippen LogP contribution in [0.1, 0.15) is 55.0 Å². The van der Waals surface area contributed by atoms with Gasteiger partial charge in [0.15, 0.2) is 11.6 Å². The van der Waals surface area contributed by atoms with E-state index in [1.54, 1.807) is 18.5 Å². The smallest absolute Gasteiger partial charge is 0.290 e. The molecule has 0 saturated carbocycles. The highest BCUT2D eigenvalue weighted by molar-refractivity contribution is 5.91. The van der Waals surface area contributed by atoms with Gasteiger partial charge < -0.3 is 13.9 Å². The summed E-state index contributed by atoms with van der Waals surface area (Å²) in [4.78, 5) is 14.5. The molecule has 1 fully saturated rings. The summed E-state index contributed by atoms with van der Waals surface area (Å²) >= 11 is 0. The van der Waals surface area contributed by atoms with Gasteiger partial charge in [-0.25, -0.2) is 0 Å². The van der Waals surface area contributed by atoms with Crippen molar-refractivity contribution >= 4 is 5.91 Å². The molecule has 0 aromatic carbocycles. The molecule has 1 amide bonds. The quantitative estimate of drug-likeness (QED) is 0.867. The van der Waals surface area contributed by atoms with Gasteiger partial charge in [-0.2, -0.15) is 0 Å². The van der Waals surface area contributed by atoms with Crippen LogP contribution in [0.2, 0.25) is 0 Å². The van der Waals surface area contributed by atoms with E-state index in [4.69, 9.17) is 4.42 Å². The molecular weight excluding hydrogens is 268 g/mol. The molecule has 1 aliphatic heterocycles. The van der Waals surface area contributed by atoms with Crippen molar-refractivity contribution in [2.24, 2.45) is 0 Å². The van der Waals surface area contributed by atoms with Gasteiger partial charge in [-0.05, 0) is 37.8 Å². The molecule has 1 unspecified atom stereocenters. The Hall–Kier alpha value is -2.11. The van der Waals surface area contributed by atoms with Crippen molar-refractivity contribution in [3.05, 3.63) is 36.3 Å². The van der Waals surface area contributed by atoms with E-state index in [2.05, 4.69) is 21.7 Å². The first-order valence-corrected chi connectivity index (χ1v) is 7.53. The molecule has 6 nitrogen and oxygen atoms in total.